The number of hydrogen-bond acceptors (Lipinski definition) is 6. The number of nitrogens with one attached hydrogen (secondary N) is 3. The van der Waals surface area contributed by atoms with Crippen LogP contribution in [0.4, 0.5) is 20.5 Å². The Labute approximate surface area is 208 Å². The highest BCUT2D eigenvalue weighted by atomic mass is 19.1. The fourth-order valence-electron chi connectivity index (χ4n) is 4.74. The number of aromatic nitrogens is 4. The molecule has 3 aromatic rings. The van der Waals surface area contributed by atoms with Crippen LogP contribution in [0.5, 0.6) is 0 Å². The Hall–Kier alpha value is -3.56. The number of alkyl halides is 2. The van der Waals surface area contributed by atoms with Crippen LogP contribution in [-0.2, 0) is 0 Å². The Kier molecular flexibility index (Phi) is 6.36. The van der Waals surface area contributed by atoms with Crippen molar-refractivity contribution < 1.29 is 13.6 Å². The van der Waals surface area contributed by atoms with E-state index in [0.717, 1.165) is 36.0 Å². The van der Waals surface area contributed by atoms with E-state index < -0.39 is 11.3 Å². The van der Waals surface area contributed by atoms with Crippen molar-refractivity contribution in [1.29, 1.82) is 0 Å². The summed E-state index contributed by atoms with van der Waals surface area (Å²) < 4.78 is 30.5. The van der Waals surface area contributed by atoms with Gasteiger partial charge in [0.05, 0.1) is 30.4 Å². The zero-order chi connectivity index (χ0) is 25.3. The van der Waals surface area contributed by atoms with Gasteiger partial charge in [0.2, 0.25) is 5.95 Å². The lowest BCUT2D eigenvalue weighted by atomic mass is 9.86. The van der Waals surface area contributed by atoms with Gasteiger partial charge >= 0.3 is 0 Å². The van der Waals surface area contributed by atoms with E-state index in [-0.39, 0.29) is 19.0 Å². The first-order valence-corrected chi connectivity index (χ1v) is 12.4. The summed E-state index contributed by atoms with van der Waals surface area (Å²) in [5.74, 6) is 0.680. The van der Waals surface area contributed by atoms with Crippen LogP contribution in [0.1, 0.15) is 67.4 Å². The Morgan fingerprint density at radius 1 is 1.25 bits per heavy atom. The van der Waals surface area contributed by atoms with Crippen molar-refractivity contribution in [3.63, 3.8) is 0 Å². The molecule has 1 saturated carbocycles. The van der Waals surface area contributed by atoms with Crippen LogP contribution in [0.3, 0.4) is 0 Å². The van der Waals surface area contributed by atoms with Gasteiger partial charge in [-0.05, 0) is 50.0 Å². The lowest BCUT2D eigenvalue weighted by Crippen LogP contribution is -2.35. The number of rotatable bonds is 7. The summed E-state index contributed by atoms with van der Waals surface area (Å²) in [7, 11) is 0. The fraction of sp³-hybridized carbons (Fsp3) is 0.462. The maximum atomic E-state index is 15.0. The standard InChI is InChI=1S/C26H31F2N7O/c1-25(2,27)15-31-23(36)20-14-33-35-11-7-17(12-21(20)35)18-6-10-29-22-19(18)13-30-24(34-22)32-16-26(28)8-4-3-5-9-26/h6-7,11-14H,3-5,8-10,15-16H2,1-2H3,(H,31,36)(H2,29,30,32,34). The summed E-state index contributed by atoms with van der Waals surface area (Å²) in [6.45, 7) is 3.50. The number of hydrogen-bond donors (Lipinski definition) is 3. The van der Waals surface area contributed by atoms with Crippen molar-refractivity contribution in [2.24, 2.45) is 0 Å². The van der Waals surface area contributed by atoms with E-state index in [1.54, 1.807) is 16.9 Å². The van der Waals surface area contributed by atoms with Crippen LogP contribution in [0, 0.1) is 0 Å². The van der Waals surface area contributed by atoms with Crippen molar-refractivity contribution >= 4 is 28.8 Å². The number of carbonyl (C=O) groups is 1. The molecule has 0 aromatic carbocycles. The Balaban J connectivity index is 1.37. The van der Waals surface area contributed by atoms with Crippen molar-refractivity contribution in [3.8, 4) is 0 Å². The molecule has 0 unspecified atom stereocenters. The van der Waals surface area contributed by atoms with Gasteiger partial charge in [-0.15, -0.1) is 0 Å². The minimum absolute atomic E-state index is 0.0930. The number of pyridine rings is 1. The molecule has 1 aliphatic carbocycles. The lowest BCUT2D eigenvalue weighted by molar-refractivity contribution is 0.0922. The van der Waals surface area contributed by atoms with E-state index >= 15 is 0 Å². The normalized spacial score (nSPS) is 17.2. The molecule has 8 nitrogen and oxygen atoms in total. The van der Waals surface area contributed by atoms with Crippen molar-refractivity contribution in [3.05, 3.63) is 53.5 Å². The third-order valence-corrected chi connectivity index (χ3v) is 6.71. The topological polar surface area (TPSA) is 96.2 Å². The quantitative estimate of drug-likeness (QED) is 0.445. The van der Waals surface area contributed by atoms with Crippen molar-refractivity contribution in [2.75, 3.05) is 30.3 Å². The second-order valence-corrected chi connectivity index (χ2v) is 10.2. The van der Waals surface area contributed by atoms with Gasteiger partial charge in [-0.25, -0.2) is 18.3 Å². The molecule has 0 spiro atoms. The summed E-state index contributed by atoms with van der Waals surface area (Å²) in [4.78, 5) is 21.7. The molecule has 1 fully saturated rings. The Morgan fingerprint density at radius 3 is 2.83 bits per heavy atom. The minimum atomic E-state index is -1.51. The molecule has 1 aliphatic heterocycles. The minimum Gasteiger partial charge on any atom is -0.366 e. The average molecular weight is 496 g/mol. The summed E-state index contributed by atoms with van der Waals surface area (Å²) in [5, 5.41) is 13.2. The third-order valence-electron chi connectivity index (χ3n) is 6.71. The van der Waals surface area contributed by atoms with Crippen LogP contribution < -0.4 is 16.0 Å². The van der Waals surface area contributed by atoms with E-state index in [1.807, 2.05) is 18.2 Å². The van der Waals surface area contributed by atoms with Crippen molar-refractivity contribution in [2.45, 2.75) is 57.3 Å². The van der Waals surface area contributed by atoms with E-state index in [2.05, 4.69) is 31.0 Å². The first-order chi connectivity index (χ1) is 17.2. The number of nitrogens with zero attached hydrogens (tertiary/aromatic N) is 4. The molecule has 0 bridgehead atoms. The number of carbonyl (C=O) groups excluding carboxylic acids is 1. The SMILES string of the molecule is CC(C)(F)CNC(=O)c1cnn2ccc(C3=CCNc4nc(NCC5(F)CCCCC5)ncc43)cc12. The van der Waals surface area contributed by atoms with E-state index in [4.69, 9.17) is 0 Å². The largest absolute Gasteiger partial charge is 0.366 e. The van der Waals surface area contributed by atoms with Gasteiger partial charge in [-0.2, -0.15) is 10.1 Å². The first kappa shape index (κ1) is 24.1. The van der Waals surface area contributed by atoms with Gasteiger partial charge in [-0.3, -0.25) is 4.79 Å². The monoisotopic (exact) mass is 495 g/mol. The van der Waals surface area contributed by atoms with Gasteiger partial charge in [0.15, 0.2) is 0 Å². The zero-order valence-corrected chi connectivity index (χ0v) is 20.6. The molecule has 2 aliphatic rings. The highest BCUT2D eigenvalue weighted by Crippen LogP contribution is 2.34. The summed E-state index contributed by atoms with van der Waals surface area (Å²) >= 11 is 0. The second kappa shape index (κ2) is 9.48. The predicted octanol–water partition coefficient (Wildman–Crippen LogP) is 4.54. The van der Waals surface area contributed by atoms with Crippen molar-refractivity contribution in [1.82, 2.24) is 24.9 Å². The lowest BCUT2D eigenvalue weighted by Gasteiger charge is -2.29. The van der Waals surface area contributed by atoms with Crippen LogP contribution in [0.25, 0.3) is 11.1 Å². The third kappa shape index (κ3) is 5.17. The summed E-state index contributed by atoms with van der Waals surface area (Å²) in [6.07, 6.45) is 11.1. The van der Waals surface area contributed by atoms with E-state index in [0.29, 0.717) is 42.2 Å². The van der Waals surface area contributed by atoms with Gasteiger partial charge < -0.3 is 16.0 Å². The maximum Gasteiger partial charge on any atom is 0.255 e. The predicted molar refractivity (Wildman–Crippen MR) is 136 cm³/mol. The molecule has 1 amide bonds. The molecule has 0 radical (unpaired) electrons. The van der Waals surface area contributed by atoms with Crippen LogP contribution in [0.15, 0.2) is 36.8 Å². The van der Waals surface area contributed by atoms with E-state index in [9.17, 15) is 13.6 Å². The second-order valence-electron chi connectivity index (χ2n) is 10.2. The molecule has 0 atom stereocenters. The van der Waals surface area contributed by atoms with Crippen LogP contribution >= 0.6 is 0 Å². The molecular formula is C26H31F2N7O. The van der Waals surface area contributed by atoms with Gasteiger partial charge in [-0.1, -0.05) is 25.3 Å². The summed E-state index contributed by atoms with van der Waals surface area (Å²) in [5.41, 5.74) is 0.873. The van der Waals surface area contributed by atoms with Gasteiger partial charge in [0.25, 0.3) is 5.91 Å². The van der Waals surface area contributed by atoms with Gasteiger partial charge in [0, 0.05) is 24.5 Å². The summed E-state index contributed by atoms with van der Waals surface area (Å²) in [6, 6.07) is 3.79. The van der Waals surface area contributed by atoms with Crippen LogP contribution in [0.2, 0.25) is 0 Å². The first-order valence-electron chi connectivity index (χ1n) is 12.4. The molecule has 190 valence electrons. The molecule has 0 saturated heterocycles. The van der Waals surface area contributed by atoms with E-state index in [1.165, 1.54) is 20.0 Å². The Bertz CT molecular complexity index is 1310. The van der Waals surface area contributed by atoms with Gasteiger partial charge in [0.1, 0.15) is 17.2 Å². The number of halogens is 2. The molecule has 3 aromatic heterocycles. The fourth-order valence-corrected chi connectivity index (χ4v) is 4.74. The number of fused-ring (bicyclic) bond motifs is 2. The molecule has 4 heterocycles. The Morgan fingerprint density at radius 2 is 2.06 bits per heavy atom. The number of anilines is 2. The highest BCUT2D eigenvalue weighted by molar-refractivity contribution is 6.01. The molecule has 10 heteroatoms. The molecule has 5 rings (SSSR count). The molecular weight excluding hydrogens is 464 g/mol. The maximum absolute atomic E-state index is 15.0. The molecule has 36 heavy (non-hydrogen) atoms. The van der Waals surface area contributed by atoms with Crippen LogP contribution in [-0.4, -0.2) is 56.5 Å². The molecule has 3 N–H and O–H groups in total. The number of amides is 1. The smallest absolute Gasteiger partial charge is 0.255 e. The highest BCUT2D eigenvalue weighted by Gasteiger charge is 2.31. The average Bonchev–Trinajstić information content (AvgIpc) is 3.29. The zero-order valence-electron chi connectivity index (χ0n) is 20.6.